The minimum atomic E-state index is -1.17. The summed E-state index contributed by atoms with van der Waals surface area (Å²) in [6.07, 6.45) is 0. The molecule has 3 aromatic carbocycles. The van der Waals surface area contributed by atoms with Gasteiger partial charge in [0, 0.05) is 28.8 Å². The van der Waals surface area contributed by atoms with Gasteiger partial charge >= 0.3 is 74.9 Å². The Balaban J connectivity index is 0.00000168. The van der Waals surface area contributed by atoms with Crippen molar-refractivity contribution in [3.05, 3.63) is 82.9 Å². The van der Waals surface area contributed by atoms with Gasteiger partial charge in [0.1, 0.15) is 23.0 Å². The summed E-state index contributed by atoms with van der Waals surface area (Å²) in [4.78, 5) is 12.5. The van der Waals surface area contributed by atoms with E-state index in [1.807, 2.05) is 12.1 Å². The van der Waals surface area contributed by atoms with Crippen LogP contribution in [-0.2, 0) is 10.3 Å². The molecule has 0 unspecified atom stereocenters. The van der Waals surface area contributed by atoms with Crippen LogP contribution in [0.3, 0.4) is 0 Å². The van der Waals surface area contributed by atoms with Crippen LogP contribution in [-0.4, -0.2) is 85.1 Å². The monoisotopic (exact) mass is 466 g/mol. The zero-order valence-corrected chi connectivity index (χ0v) is 12.9. The Morgan fingerprint density at radius 3 is 1.96 bits per heavy atom. The molecule has 2 aliphatic heterocycles. The number of fused-ring (bicyclic) bond motifs is 6. The Morgan fingerprint density at radius 2 is 1.35 bits per heavy atom. The first kappa shape index (κ1) is 18.0. The standard InChI is InChI=1S/C20H12O5.Cs.H/c21-11-5-7-15-17(9-11)24-18-10-12(22)6-8-16(18)20(15)14-4-2-1-3-13(14)19(23)25-20;;/h1-10,21-22H;;. The summed E-state index contributed by atoms with van der Waals surface area (Å²) in [6.45, 7) is 0. The van der Waals surface area contributed by atoms with Crippen LogP contribution in [0.2, 0.25) is 0 Å². The third-order valence-corrected chi connectivity index (χ3v) is 4.68. The molecule has 0 amide bonds. The molecule has 5 nitrogen and oxygen atoms in total. The average Bonchev–Trinajstić information content (AvgIpc) is 2.88. The van der Waals surface area contributed by atoms with E-state index in [2.05, 4.69) is 0 Å². The number of hydrogen-bond donors (Lipinski definition) is 2. The van der Waals surface area contributed by atoms with E-state index < -0.39 is 11.6 Å². The molecule has 0 radical (unpaired) electrons. The first-order valence-electron chi connectivity index (χ1n) is 7.77. The Bertz CT molecular complexity index is 1010. The molecule has 26 heavy (non-hydrogen) atoms. The van der Waals surface area contributed by atoms with E-state index in [1.165, 1.54) is 24.3 Å². The van der Waals surface area contributed by atoms with Crippen LogP contribution in [0.15, 0.2) is 60.7 Å². The van der Waals surface area contributed by atoms with Crippen molar-refractivity contribution in [3.63, 3.8) is 0 Å². The molecule has 0 saturated heterocycles. The van der Waals surface area contributed by atoms with Gasteiger partial charge in [-0.1, -0.05) is 18.2 Å². The molecule has 0 bridgehead atoms. The molecule has 0 aliphatic carbocycles. The molecule has 124 valence electrons. The Morgan fingerprint density at radius 1 is 0.769 bits per heavy atom. The molecule has 0 saturated carbocycles. The van der Waals surface area contributed by atoms with E-state index in [1.54, 1.807) is 24.3 Å². The van der Waals surface area contributed by atoms with Crippen LogP contribution in [0.4, 0.5) is 0 Å². The first-order valence-corrected chi connectivity index (χ1v) is 7.77. The predicted octanol–water partition coefficient (Wildman–Crippen LogP) is 3.02. The summed E-state index contributed by atoms with van der Waals surface area (Å²) < 4.78 is 11.8. The van der Waals surface area contributed by atoms with Gasteiger partial charge in [-0.25, -0.2) is 4.79 Å². The van der Waals surface area contributed by atoms with Crippen LogP contribution < -0.4 is 4.74 Å². The van der Waals surface area contributed by atoms with Gasteiger partial charge in [0.15, 0.2) is 5.60 Å². The van der Waals surface area contributed by atoms with Crippen molar-refractivity contribution in [2.24, 2.45) is 0 Å². The molecule has 2 N–H and O–H groups in total. The Kier molecular flexibility index (Phi) is 4.38. The number of carbonyl (C=O) groups is 1. The maximum absolute atomic E-state index is 12.5. The van der Waals surface area contributed by atoms with Gasteiger partial charge in [-0.05, 0) is 30.3 Å². The van der Waals surface area contributed by atoms with Gasteiger partial charge in [-0.3, -0.25) is 0 Å². The fourth-order valence-corrected chi connectivity index (χ4v) is 3.65. The fraction of sp³-hybridized carbons (Fsp3) is 0.0500. The van der Waals surface area contributed by atoms with Crippen LogP contribution in [0.1, 0.15) is 27.0 Å². The van der Waals surface area contributed by atoms with E-state index in [-0.39, 0.29) is 80.4 Å². The van der Waals surface area contributed by atoms with Crippen LogP contribution >= 0.6 is 0 Å². The summed E-state index contributed by atoms with van der Waals surface area (Å²) in [5, 5.41) is 19.7. The molecule has 3 aromatic rings. The number of carbonyl (C=O) groups excluding carboxylic acids is 1. The van der Waals surface area contributed by atoms with Gasteiger partial charge in [-0.15, -0.1) is 0 Å². The number of phenolic OH excluding ortho intramolecular Hbond substituents is 2. The fourth-order valence-electron chi connectivity index (χ4n) is 3.65. The average molecular weight is 466 g/mol. The van der Waals surface area contributed by atoms with Crippen molar-refractivity contribution in [2.75, 3.05) is 0 Å². The number of phenols is 2. The predicted molar refractivity (Wildman–Crippen MR) is 95.2 cm³/mol. The number of benzene rings is 3. The minimum absolute atomic E-state index is 0. The molecular formula is C20H13CsO5. The third kappa shape index (κ3) is 2.37. The van der Waals surface area contributed by atoms with E-state index in [9.17, 15) is 15.0 Å². The topological polar surface area (TPSA) is 76.0 Å². The summed E-state index contributed by atoms with van der Waals surface area (Å²) in [5.74, 6) is 0.408. The van der Waals surface area contributed by atoms with E-state index >= 15 is 0 Å². The number of hydrogen-bond acceptors (Lipinski definition) is 5. The van der Waals surface area contributed by atoms with Crippen molar-refractivity contribution in [3.8, 4) is 23.0 Å². The van der Waals surface area contributed by atoms with Gasteiger partial charge in [0.2, 0.25) is 0 Å². The number of ether oxygens (including phenoxy) is 2. The second-order valence-electron chi connectivity index (χ2n) is 6.08. The van der Waals surface area contributed by atoms with Crippen molar-refractivity contribution < 1.29 is 24.5 Å². The van der Waals surface area contributed by atoms with Crippen molar-refractivity contribution >= 4 is 74.9 Å². The van der Waals surface area contributed by atoms with Crippen LogP contribution in [0.25, 0.3) is 0 Å². The molecule has 0 atom stereocenters. The van der Waals surface area contributed by atoms with Crippen LogP contribution in [0, 0.1) is 0 Å². The van der Waals surface area contributed by atoms with E-state index in [4.69, 9.17) is 9.47 Å². The third-order valence-electron chi connectivity index (χ3n) is 4.68. The van der Waals surface area contributed by atoms with Crippen LogP contribution in [0.5, 0.6) is 23.0 Å². The quantitative estimate of drug-likeness (QED) is 0.499. The molecule has 5 rings (SSSR count). The van der Waals surface area contributed by atoms with E-state index in [0.717, 1.165) is 0 Å². The normalized spacial score (nSPS) is 15.2. The Labute approximate surface area is 208 Å². The van der Waals surface area contributed by atoms with E-state index in [0.29, 0.717) is 33.8 Å². The van der Waals surface area contributed by atoms with Crippen molar-refractivity contribution in [1.29, 1.82) is 0 Å². The molecule has 2 heterocycles. The van der Waals surface area contributed by atoms with Gasteiger partial charge in [0.05, 0.1) is 5.56 Å². The summed E-state index contributed by atoms with van der Waals surface area (Å²) >= 11 is 0. The van der Waals surface area contributed by atoms with Gasteiger partial charge < -0.3 is 19.7 Å². The Hall–Kier alpha value is -1.42. The second-order valence-corrected chi connectivity index (χ2v) is 6.08. The molecule has 6 heteroatoms. The molecule has 0 aromatic heterocycles. The van der Waals surface area contributed by atoms with Crippen molar-refractivity contribution in [1.82, 2.24) is 0 Å². The summed E-state index contributed by atoms with van der Waals surface area (Å²) in [6, 6.07) is 16.6. The molecule has 0 fully saturated rings. The number of aromatic hydroxyl groups is 2. The molecular weight excluding hydrogens is 453 g/mol. The number of esters is 1. The van der Waals surface area contributed by atoms with Crippen molar-refractivity contribution in [2.45, 2.75) is 5.60 Å². The SMILES string of the molecule is O=C1OC2(c3ccc(O)cc3Oc3cc(O)ccc32)c2ccccc21.[CsH]. The zero-order valence-electron chi connectivity index (χ0n) is 12.9. The number of rotatable bonds is 0. The van der Waals surface area contributed by atoms with Gasteiger partial charge in [0.25, 0.3) is 0 Å². The summed E-state index contributed by atoms with van der Waals surface area (Å²) in [5.41, 5.74) is 1.28. The maximum atomic E-state index is 12.5. The first-order chi connectivity index (χ1) is 12.1. The second kappa shape index (κ2) is 6.33. The zero-order chi connectivity index (χ0) is 17.2. The van der Waals surface area contributed by atoms with Gasteiger partial charge in [-0.2, -0.15) is 0 Å². The summed E-state index contributed by atoms with van der Waals surface area (Å²) in [7, 11) is 0. The molecule has 2 aliphatic rings. The molecule has 1 spiro atoms.